The molecule has 0 bridgehead atoms. The fraction of sp³-hybridized carbons (Fsp3) is 0.571. The summed E-state index contributed by atoms with van der Waals surface area (Å²) in [7, 11) is 1.67. The molecule has 0 aliphatic carbocycles. The zero-order valence-corrected chi connectivity index (χ0v) is 11.2. The fourth-order valence-electron chi connectivity index (χ4n) is 2.39. The number of aryl methyl sites for hydroxylation is 2. The van der Waals surface area contributed by atoms with Gasteiger partial charge in [-0.25, -0.2) is 0 Å². The molecule has 0 heterocycles. The van der Waals surface area contributed by atoms with Gasteiger partial charge in [0.15, 0.2) is 0 Å². The average Bonchev–Trinajstić information content (AvgIpc) is 2.24. The maximum Gasteiger partial charge on any atom is 0.124 e. The number of rotatable bonds is 5. The van der Waals surface area contributed by atoms with E-state index in [1.165, 1.54) is 5.56 Å². The first-order chi connectivity index (χ1) is 7.92. The molecular weight excluding hydrogens is 214 g/mol. The molecule has 1 aromatic rings. The molecular formula is C14H23NO2. The maximum absolute atomic E-state index is 8.93. The van der Waals surface area contributed by atoms with E-state index in [2.05, 4.69) is 13.0 Å². The molecule has 3 nitrogen and oxygen atoms in total. The minimum Gasteiger partial charge on any atom is -0.496 e. The monoisotopic (exact) mass is 237 g/mol. The summed E-state index contributed by atoms with van der Waals surface area (Å²) in [6.07, 6.45) is 1.44. The molecule has 96 valence electrons. The summed E-state index contributed by atoms with van der Waals surface area (Å²) in [5, 5.41) is 8.93. The van der Waals surface area contributed by atoms with Crippen LogP contribution >= 0.6 is 0 Å². The van der Waals surface area contributed by atoms with Crippen molar-refractivity contribution in [3.8, 4) is 5.75 Å². The smallest absolute Gasteiger partial charge is 0.124 e. The molecule has 1 rings (SSSR count). The molecule has 3 heteroatoms. The van der Waals surface area contributed by atoms with Crippen molar-refractivity contribution in [1.29, 1.82) is 0 Å². The topological polar surface area (TPSA) is 55.5 Å². The number of benzene rings is 1. The van der Waals surface area contributed by atoms with Crippen molar-refractivity contribution in [3.05, 3.63) is 28.8 Å². The van der Waals surface area contributed by atoms with Gasteiger partial charge in [0.05, 0.1) is 7.11 Å². The Balaban J connectivity index is 3.19. The SMILES string of the molecule is COc1cc(C)cc(C)c1C(C)(N)CCCO. The van der Waals surface area contributed by atoms with Gasteiger partial charge in [0.25, 0.3) is 0 Å². The van der Waals surface area contributed by atoms with Crippen molar-refractivity contribution >= 4 is 0 Å². The lowest BCUT2D eigenvalue weighted by Crippen LogP contribution is -2.34. The van der Waals surface area contributed by atoms with E-state index in [0.717, 1.165) is 23.3 Å². The molecule has 0 saturated carbocycles. The van der Waals surface area contributed by atoms with Crippen LogP contribution in [-0.4, -0.2) is 18.8 Å². The Labute approximate surface area is 104 Å². The number of ether oxygens (including phenoxy) is 1. The van der Waals surface area contributed by atoms with Crippen LogP contribution in [-0.2, 0) is 5.54 Å². The Hall–Kier alpha value is -1.06. The number of nitrogens with two attached hydrogens (primary N) is 1. The highest BCUT2D eigenvalue weighted by molar-refractivity contribution is 5.47. The molecule has 0 saturated heterocycles. The predicted molar refractivity (Wildman–Crippen MR) is 70.3 cm³/mol. The van der Waals surface area contributed by atoms with Gasteiger partial charge in [-0.05, 0) is 50.8 Å². The molecule has 1 atom stereocenters. The van der Waals surface area contributed by atoms with Gasteiger partial charge in [0, 0.05) is 17.7 Å². The summed E-state index contributed by atoms with van der Waals surface area (Å²) < 4.78 is 5.43. The molecule has 0 aliphatic heterocycles. The molecule has 1 unspecified atom stereocenters. The summed E-state index contributed by atoms with van der Waals surface area (Å²) >= 11 is 0. The summed E-state index contributed by atoms with van der Waals surface area (Å²) in [5.74, 6) is 0.838. The molecule has 0 aromatic heterocycles. The second-order valence-corrected chi connectivity index (χ2v) is 4.90. The van der Waals surface area contributed by atoms with E-state index in [1.807, 2.05) is 19.9 Å². The molecule has 0 radical (unpaired) electrons. The van der Waals surface area contributed by atoms with Crippen LogP contribution < -0.4 is 10.5 Å². The molecule has 0 aliphatic rings. The van der Waals surface area contributed by atoms with E-state index in [4.69, 9.17) is 15.6 Å². The van der Waals surface area contributed by atoms with E-state index in [-0.39, 0.29) is 6.61 Å². The second-order valence-electron chi connectivity index (χ2n) is 4.90. The van der Waals surface area contributed by atoms with Gasteiger partial charge in [-0.2, -0.15) is 0 Å². The molecule has 0 fully saturated rings. The molecule has 0 amide bonds. The largest absolute Gasteiger partial charge is 0.496 e. The third-order valence-corrected chi connectivity index (χ3v) is 3.09. The Morgan fingerprint density at radius 3 is 2.53 bits per heavy atom. The number of hydrogen-bond acceptors (Lipinski definition) is 3. The Kier molecular flexibility index (Phi) is 4.54. The summed E-state index contributed by atoms with van der Waals surface area (Å²) in [4.78, 5) is 0. The highest BCUT2D eigenvalue weighted by Gasteiger charge is 2.26. The number of methoxy groups -OCH3 is 1. The van der Waals surface area contributed by atoms with Crippen molar-refractivity contribution in [2.45, 2.75) is 39.2 Å². The van der Waals surface area contributed by atoms with Crippen LogP contribution in [0.1, 0.15) is 36.5 Å². The van der Waals surface area contributed by atoms with Crippen LogP contribution in [0.3, 0.4) is 0 Å². The van der Waals surface area contributed by atoms with Crippen molar-refractivity contribution in [1.82, 2.24) is 0 Å². The fourth-order valence-corrected chi connectivity index (χ4v) is 2.39. The van der Waals surface area contributed by atoms with E-state index < -0.39 is 5.54 Å². The number of aliphatic hydroxyl groups is 1. The highest BCUT2D eigenvalue weighted by atomic mass is 16.5. The van der Waals surface area contributed by atoms with E-state index in [9.17, 15) is 0 Å². The molecule has 1 aromatic carbocycles. The summed E-state index contributed by atoms with van der Waals surface area (Å²) in [6, 6.07) is 4.12. The number of hydrogen-bond donors (Lipinski definition) is 2. The molecule has 0 spiro atoms. The van der Waals surface area contributed by atoms with Crippen molar-refractivity contribution in [2.24, 2.45) is 5.73 Å². The standard InChI is InChI=1S/C14H23NO2/c1-10-8-11(2)13(12(9-10)17-4)14(3,15)6-5-7-16/h8-9,16H,5-7,15H2,1-4H3. The van der Waals surface area contributed by atoms with Crippen LogP contribution in [0.4, 0.5) is 0 Å². The van der Waals surface area contributed by atoms with Crippen molar-refractivity contribution < 1.29 is 9.84 Å². The third kappa shape index (κ3) is 3.20. The van der Waals surface area contributed by atoms with Gasteiger partial charge in [-0.1, -0.05) is 6.07 Å². The van der Waals surface area contributed by atoms with Gasteiger partial charge >= 0.3 is 0 Å². The van der Waals surface area contributed by atoms with Crippen LogP contribution in [0, 0.1) is 13.8 Å². The quantitative estimate of drug-likeness (QED) is 0.826. The van der Waals surface area contributed by atoms with Crippen molar-refractivity contribution in [2.75, 3.05) is 13.7 Å². The second kappa shape index (κ2) is 5.52. The summed E-state index contributed by atoms with van der Waals surface area (Å²) in [5.41, 5.74) is 9.25. The number of aliphatic hydroxyl groups excluding tert-OH is 1. The van der Waals surface area contributed by atoms with Gasteiger partial charge in [0.1, 0.15) is 5.75 Å². The maximum atomic E-state index is 8.93. The lowest BCUT2D eigenvalue weighted by molar-refractivity contribution is 0.263. The molecule has 17 heavy (non-hydrogen) atoms. The van der Waals surface area contributed by atoms with Crippen LogP contribution in [0.5, 0.6) is 5.75 Å². The van der Waals surface area contributed by atoms with Crippen LogP contribution in [0.2, 0.25) is 0 Å². The summed E-state index contributed by atoms with van der Waals surface area (Å²) in [6.45, 7) is 6.25. The lowest BCUT2D eigenvalue weighted by Gasteiger charge is -2.29. The van der Waals surface area contributed by atoms with E-state index in [0.29, 0.717) is 6.42 Å². The van der Waals surface area contributed by atoms with Gasteiger partial charge < -0.3 is 15.6 Å². The van der Waals surface area contributed by atoms with Crippen LogP contribution in [0.25, 0.3) is 0 Å². The average molecular weight is 237 g/mol. The highest BCUT2D eigenvalue weighted by Crippen LogP contribution is 2.34. The van der Waals surface area contributed by atoms with Crippen LogP contribution in [0.15, 0.2) is 12.1 Å². The first-order valence-corrected chi connectivity index (χ1v) is 5.98. The van der Waals surface area contributed by atoms with Gasteiger partial charge in [0.2, 0.25) is 0 Å². The Morgan fingerprint density at radius 2 is 2.00 bits per heavy atom. The van der Waals surface area contributed by atoms with Gasteiger partial charge in [-0.3, -0.25) is 0 Å². The zero-order valence-electron chi connectivity index (χ0n) is 11.2. The minimum absolute atomic E-state index is 0.167. The third-order valence-electron chi connectivity index (χ3n) is 3.09. The van der Waals surface area contributed by atoms with Crippen molar-refractivity contribution in [3.63, 3.8) is 0 Å². The lowest BCUT2D eigenvalue weighted by atomic mass is 9.84. The Bertz CT molecular complexity index is 386. The van der Waals surface area contributed by atoms with E-state index in [1.54, 1.807) is 7.11 Å². The minimum atomic E-state index is -0.466. The predicted octanol–water partition coefficient (Wildman–Crippen LogP) is 2.26. The van der Waals surface area contributed by atoms with Gasteiger partial charge in [-0.15, -0.1) is 0 Å². The Morgan fingerprint density at radius 1 is 1.35 bits per heavy atom. The zero-order chi connectivity index (χ0) is 13.1. The molecule has 3 N–H and O–H groups in total. The normalized spacial score (nSPS) is 14.5. The first-order valence-electron chi connectivity index (χ1n) is 5.98. The van der Waals surface area contributed by atoms with E-state index >= 15 is 0 Å². The first kappa shape index (κ1) is 14.0.